The lowest BCUT2D eigenvalue weighted by Crippen LogP contribution is -2.45. The SMILES string of the molecule is C/C(=C\c1csc(C)n1)[C@@H]1C[C@@H]2O[C@@]2(C)CCC[C@H](C)[C@H](O)[C@@H](C)C(=O)C(C)(C)[C@@H](O)CC(=O)O1. The first kappa shape index (κ1) is 28.0. The fourth-order valence-electron chi connectivity index (χ4n) is 5.07. The van der Waals surface area contributed by atoms with E-state index in [0.29, 0.717) is 6.42 Å². The molecule has 2 aliphatic rings. The van der Waals surface area contributed by atoms with Gasteiger partial charge in [0.2, 0.25) is 0 Å². The van der Waals surface area contributed by atoms with Crippen molar-refractivity contribution in [2.45, 2.75) is 111 Å². The Hall–Kier alpha value is -1.61. The predicted octanol–water partition coefficient (Wildman–Crippen LogP) is 4.48. The largest absolute Gasteiger partial charge is 0.458 e. The molecular weight excluding hydrogens is 466 g/mol. The molecule has 0 aliphatic carbocycles. The van der Waals surface area contributed by atoms with Gasteiger partial charge in [0.05, 0.1) is 46.5 Å². The summed E-state index contributed by atoms with van der Waals surface area (Å²) in [6.07, 6.45) is 1.98. The van der Waals surface area contributed by atoms with Crippen LogP contribution >= 0.6 is 11.3 Å². The molecule has 1 aromatic heterocycles. The molecule has 0 amide bonds. The van der Waals surface area contributed by atoms with Gasteiger partial charge in [-0.1, -0.05) is 34.1 Å². The highest BCUT2D eigenvalue weighted by Crippen LogP contribution is 2.45. The second-order valence-electron chi connectivity index (χ2n) is 11.3. The molecule has 2 aliphatic heterocycles. The Labute approximate surface area is 212 Å². The third kappa shape index (κ3) is 6.59. The topological polar surface area (TPSA) is 109 Å². The van der Waals surface area contributed by atoms with Gasteiger partial charge in [0.15, 0.2) is 0 Å². The van der Waals surface area contributed by atoms with Gasteiger partial charge in [-0.3, -0.25) is 9.59 Å². The van der Waals surface area contributed by atoms with Crippen LogP contribution in [0, 0.1) is 24.2 Å². The number of aliphatic hydroxyl groups excluding tert-OH is 2. The van der Waals surface area contributed by atoms with Crippen molar-refractivity contribution in [3.63, 3.8) is 0 Å². The van der Waals surface area contributed by atoms with Crippen LogP contribution in [0.2, 0.25) is 0 Å². The second-order valence-corrected chi connectivity index (χ2v) is 12.3. The number of esters is 1. The van der Waals surface area contributed by atoms with Gasteiger partial charge in [0, 0.05) is 17.7 Å². The Balaban J connectivity index is 1.85. The average molecular weight is 508 g/mol. The normalized spacial score (nSPS) is 37.5. The first-order chi connectivity index (χ1) is 16.2. The molecule has 2 saturated heterocycles. The highest BCUT2D eigenvalue weighted by atomic mass is 32.1. The minimum absolute atomic E-state index is 0.0455. The summed E-state index contributed by atoms with van der Waals surface area (Å²) in [7, 11) is 0. The van der Waals surface area contributed by atoms with E-state index in [1.165, 1.54) is 0 Å². The minimum atomic E-state index is -1.23. The van der Waals surface area contributed by atoms with Crippen molar-refractivity contribution in [3.05, 3.63) is 21.7 Å². The van der Waals surface area contributed by atoms with Crippen LogP contribution in [0.4, 0.5) is 0 Å². The van der Waals surface area contributed by atoms with Crippen LogP contribution in [0.15, 0.2) is 11.0 Å². The zero-order valence-corrected chi connectivity index (χ0v) is 22.9. The Bertz CT molecular complexity index is 955. The van der Waals surface area contributed by atoms with Crippen molar-refractivity contribution in [3.8, 4) is 0 Å². The number of ketones is 1. The second kappa shape index (κ2) is 10.8. The Morgan fingerprint density at radius 1 is 1.23 bits per heavy atom. The molecule has 196 valence electrons. The number of nitrogens with zero attached hydrogens (tertiary/aromatic N) is 1. The smallest absolute Gasteiger partial charge is 0.309 e. The molecule has 7 atom stereocenters. The zero-order chi connectivity index (χ0) is 26.1. The highest BCUT2D eigenvalue weighted by molar-refractivity contribution is 7.09. The summed E-state index contributed by atoms with van der Waals surface area (Å²) in [4.78, 5) is 30.6. The standard InChI is InChI=1S/C27H41NO6S/c1-15-9-8-10-27(7)22(34-27)12-20(16(2)11-19-14-35-18(4)28-19)33-23(30)13-21(29)26(5,6)25(32)17(3)24(15)31/h11,14-15,17,20-22,24,29,31H,8-10,12-13H2,1-7H3/b16-11+/t15-,17+,20-,21-,22-,24-,27-/m0/s1. The predicted molar refractivity (Wildman–Crippen MR) is 136 cm³/mol. The van der Waals surface area contributed by atoms with Crippen molar-refractivity contribution in [2.24, 2.45) is 17.3 Å². The molecule has 3 heterocycles. The number of thiazole rings is 1. The lowest BCUT2D eigenvalue weighted by Gasteiger charge is -2.34. The van der Waals surface area contributed by atoms with Crippen molar-refractivity contribution in [1.29, 1.82) is 0 Å². The molecule has 2 N–H and O–H groups in total. The maximum Gasteiger partial charge on any atom is 0.309 e. The van der Waals surface area contributed by atoms with E-state index in [9.17, 15) is 19.8 Å². The number of fused-ring (bicyclic) bond motifs is 1. The van der Waals surface area contributed by atoms with E-state index in [0.717, 1.165) is 35.5 Å². The number of aliphatic hydroxyl groups is 2. The van der Waals surface area contributed by atoms with Gasteiger partial charge in [0.1, 0.15) is 11.9 Å². The number of hydrogen-bond donors (Lipinski definition) is 2. The number of Topliss-reactive ketones (excluding diaryl/α,β-unsaturated/α-hetero) is 1. The summed E-state index contributed by atoms with van der Waals surface area (Å²) >= 11 is 1.56. The van der Waals surface area contributed by atoms with E-state index in [2.05, 4.69) is 11.9 Å². The Morgan fingerprint density at radius 2 is 1.91 bits per heavy atom. The van der Waals surface area contributed by atoms with Crippen molar-refractivity contribution >= 4 is 29.2 Å². The number of carbonyl (C=O) groups excluding carboxylic acids is 2. The Kier molecular flexibility index (Phi) is 8.62. The number of carbonyl (C=O) groups is 2. The average Bonchev–Trinajstić information content (AvgIpc) is 3.22. The van der Waals surface area contributed by atoms with Gasteiger partial charge in [-0.05, 0) is 51.2 Å². The van der Waals surface area contributed by atoms with Crippen molar-refractivity contribution < 1.29 is 29.3 Å². The number of epoxide rings is 1. The molecular formula is C27H41NO6S. The molecule has 35 heavy (non-hydrogen) atoms. The van der Waals surface area contributed by atoms with Crippen LogP contribution < -0.4 is 0 Å². The van der Waals surface area contributed by atoms with Gasteiger partial charge in [-0.15, -0.1) is 11.3 Å². The maximum atomic E-state index is 13.2. The van der Waals surface area contributed by atoms with E-state index >= 15 is 0 Å². The summed E-state index contributed by atoms with van der Waals surface area (Å²) < 4.78 is 11.9. The van der Waals surface area contributed by atoms with Gasteiger partial charge in [-0.2, -0.15) is 0 Å². The third-order valence-electron chi connectivity index (χ3n) is 7.93. The van der Waals surface area contributed by atoms with E-state index in [4.69, 9.17) is 9.47 Å². The molecule has 0 aromatic carbocycles. The lowest BCUT2D eigenvalue weighted by atomic mass is 9.73. The third-order valence-corrected chi connectivity index (χ3v) is 8.72. The molecule has 0 radical (unpaired) electrons. The van der Waals surface area contributed by atoms with Gasteiger partial charge < -0.3 is 19.7 Å². The van der Waals surface area contributed by atoms with Crippen molar-refractivity contribution in [2.75, 3.05) is 0 Å². The molecule has 3 rings (SSSR count). The highest BCUT2D eigenvalue weighted by Gasteiger charge is 2.53. The number of ether oxygens (including phenoxy) is 2. The summed E-state index contributed by atoms with van der Waals surface area (Å²) in [5.74, 6) is -1.55. The van der Waals surface area contributed by atoms with Crippen LogP contribution in [0.5, 0.6) is 0 Å². The first-order valence-corrected chi connectivity index (χ1v) is 13.5. The van der Waals surface area contributed by atoms with Gasteiger partial charge in [-0.25, -0.2) is 4.98 Å². The van der Waals surface area contributed by atoms with Gasteiger partial charge in [0.25, 0.3) is 0 Å². The molecule has 0 bridgehead atoms. The van der Waals surface area contributed by atoms with Crippen LogP contribution in [-0.2, 0) is 19.1 Å². The molecule has 2 fully saturated rings. The van der Waals surface area contributed by atoms with Crippen LogP contribution in [0.3, 0.4) is 0 Å². The zero-order valence-electron chi connectivity index (χ0n) is 22.0. The fraction of sp³-hybridized carbons (Fsp3) is 0.741. The van der Waals surface area contributed by atoms with E-state index in [1.54, 1.807) is 32.1 Å². The molecule has 8 heteroatoms. The molecule has 0 saturated carbocycles. The minimum Gasteiger partial charge on any atom is -0.458 e. The quantitative estimate of drug-likeness (QED) is 0.449. The summed E-state index contributed by atoms with van der Waals surface area (Å²) in [6, 6.07) is 0. The van der Waals surface area contributed by atoms with Crippen LogP contribution in [0.25, 0.3) is 6.08 Å². The number of cyclic esters (lactones) is 1. The summed E-state index contributed by atoms with van der Waals surface area (Å²) in [5, 5.41) is 24.6. The summed E-state index contributed by atoms with van der Waals surface area (Å²) in [5.41, 5.74) is 0.179. The molecule has 0 spiro atoms. The number of aromatic nitrogens is 1. The van der Waals surface area contributed by atoms with E-state index in [-0.39, 0.29) is 29.8 Å². The monoisotopic (exact) mass is 507 g/mol. The van der Waals surface area contributed by atoms with Gasteiger partial charge >= 0.3 is 5.97 Å². The Morgan fingerprint density at radius 3 is 2.54 bits per heavy atom. The van der Waals surface area contributed by atoms with Crippen molar-refractivity contribution in [1.82, 2.24) is 4.98 Å². The number of rotatable bonds is 2. The fourth-order valence-corrected chi connectivity index (χ4v) is 5.64. The molecule has 7 nitrogen and oxygen atoms in total. The maximum absolute atomic E-state index is 13.2. The van der Waals surface area contributed by atoms with E-state index in [1.807, 2.05) is 32.2 Å². The molecule has 0 unspecified atom stereocenters. The van der Waals surface area contributed by atoms with E-state index < -0.39 is 35.6 Å². The number of aryl methyl sites for hydroxylation is 1. The van der Waals surface area contributed by atoms with Crippen LogP contribution in [-0.4, -0.2) is 57.0 Å². The summed E-state index contributed by atoms with van der Waals surface area (Å²) in [6.45, 7) is 12.8. The molecule has 1 aromatic rings. The first-order valence-electron chi connectivity index (χ1n) is 12.6. The lowest BCUT2D eigenvalue weighted by molar-refractivity contribution is -0.154. The number of hydrogen-bond acceptors (Lipinski definition) is 8. The van der Waals surface area contributed by atoms with Crippen LogP contribution in [0.1, 0.15) is 84.3 Å².